The molecule has 6 heteroatoms. The molecule has 0 bridgehead atoms. The van der Waals surface area contributed by atoms with Crippen molar-refractivity contribution in [3.63, 3.8) is 0 Å². The van der Waals surface area contributed by atoms with E-state index in [9.17, 15) is 9.59 Å². The van der Waals surface area contributed by atoms with Gasteiger partial charge in [-0.25, -0.2) is 0 Å². The lowest BCUT2D eigenvalue weighted by atomic mass is 9.87. The van der Waals surface area contributed by atoms with Gasteiger partial charge in [0.05, 0.1) is 6.04 Å². The van der Waals surface area contributed by atoms with Crippen LogP contribution in [0.15, 0.2) is 48.5 Å². The molecule has 0 saturated carbocycles. The Morgan fingerprint density at radius 1 is 1.18 bits per heavy atom. The van der Waals surface area contributed by atoms with E-state index in [-0.39, 0.29) is 30.3 Å². The Balaban J connectivity index is 0.00000280. The zero-order valence-corrected chi connectivity index (χ0v) is 17.0. The molecule has 1 unspecified atom stereocenters. The number of hydrogen-bond donors (Lipinski definition) is 2. The molecule has 0 fully saturated rings. The lowest BCUT2D eigenvalue weighted by molar-refractivity contribution is -0.130. The highest BCUT2D eigenvalue weighted by atomic mass is 35.5. The van der Waals surface area contributed by atoms with Gasteiger partial charge in [0.2, 0.25) is 11.8 Å². The van der Waals surface area contributed by atoms with Crippen LogP contribution in [-0.2, 0) is 22.6 Å². The van der Waals surface area contributed by atoms with Crippen LogP contribution in [0.25, 0.3) is 0 Å². The Bertz CT molecular complexity index is 811. The number of aryl methyl sites for hydroxylation is 1. The Hall–Kier alpha value is -2.53. The fourth-order valence-electron chi connectivity index (χ4n) is 3.64. The van der Waals surface area contributed by atoms with Gasteiger partial charge in [0.25, 0.3) is 0 Å². The average molecular weight is 402 g/mol. The Kier molecular flexibility index (Phi) is 7.88. The number of anilines is 1. The number of rotatable bonds is 6. The molecule has 0 aromatic heterocycles. The Morgan fingerprint density at radius 3 is 2.64 bits per heavy atom. The van der Waals surface area contributed by atoms with E-state index < -0.39 is 0 Å². The molecule has 1 aliphatic carbocycles. The van der Waals surface area contributed by atoms with Crippen LogP contribution in [0.5, 0.6) is 0 Å². The van der Waals surface area contributed by atoms with Crippen LogP contribution in [0, 0.1) is 0 Å². The highest BCUT2D eigenvalue weighted by Gasteiger charge is 2.22. The third-order valence-corrected chi connectivity index (χ3v) is 5.09. The molecule has 5 nitrogen and oxygen atoms in total. The number of nitrogens with one attached hydrogen (secondary N) is 1. The Labute approximate surface area is 172 Å². The van der Waals surface area contributed by atoms with Crippen molar-refractivity contribution >= 4 is 29.9 Å². The van der Waals surface area contributed by atoms with Crippen molar-refractivity contribution in [2.24, 2.45) is 0 Å². The minimum Gasteiger partial charge on any atom is -0.399 e. The standard InChI is InChI=1S/C22H27N3O2.ClH/c1-16(26)25(15-17-6-3-2-4-7-17)13-12-22(27)24-21-9-5-8-18-14-19(23)10-11-20(18)21;/h2-4,6-7,10-11,14,21H,5,8-9,12-13,15,23H2,1H3,(H,24,27);1H. The van der Waals surface area contributed by atoms with Gasteiger partial charge in [-0.2, -0.15) is 0 Å². The lowest BCUT2D eigenvalue weighted by Crippen LogP contribution is -2.35. The summed E-state index contributed by atoms with van der Waals surface area (Å²) in [4.78, 5) is 26.1. The number of nitrogens with two attached hydrogens (primary N) is 1. The lowest BCUT2D eigenvalue weighted by Gasteiger charge is -2.27. The van der Waals surface area contributed by atoms with Gasteiger partial charge in [0, 0.05) is 32.1 Å². The first-order chi connectivity index (χ1) is 13.0. The van der Waals surface area contributed by atoms with Crippen LogP contribution in [0.3, 0.4) is 0 Å². The first-order valence-electron chi connectivity index (χ1n) is 9.50. The summed E-state index contributed by atoms with van der Waals surface area (Å²) in [7, 11) is 0. The van der Waals surface area contributed by atoms with Gasteiger partial charge in [0.1, 0.15) is 0 Å². The number of carbonyl (C=O) groups excluding carboxylic acids is 2. The van der Waals surface area contributed by atoms with Crippen LogP contribution in [0.1, 0.15) is 48.9 Å². The highest BCUT2D eigenvalue weighted by Crippen LogP contribution is 2.31. The van der Waals surface area contributed by atoms with E-state index >= 15 is 0 Å². The normalized spacial score (nSPS) is 15.1. The number of fused-ring (bicyclic) bond motifs is 1. The van der Waals surface area contributed by atoms with E-state index in [1.807, 2.05) is 48.5 Å². The van der Waals surface area contributed by atoms with Crippen LogP contribution < -0.4 is 11.1 Å². The van der Waals surface area contributed by atoms with Gasteiger partial charge >= 0.3 is 0 Å². The second kappa shape index (κ2) is 10.1. The predicted octanol–water partition coefficient (Wildman–Crippen LogP) is 3.62. The fraction of sp³-hybridized carbons (Fsp3) is 0.364. The maximum atomic E-state index is 12.5. The molecule has 0 spiro atoms. The number of halogens is 1. The van der Waals surface area contributed by atoms with Gasteiger partial charge in [-0.1, -0.05) is 36.4 Å². The third-order valence-electron chi connectivity index (χ3n) is 5.09. The summed E-state index contributed by atoms with van der Waals surface area (Å²) in [5.74, 6) is -0.0471. The van der Waals surface area contributed by atoms with Gasteiger partial charge in [0.15, 0.2) is 0 Å². The van der Waals surface area contributed by atoms with Crippen molar-refractivity contribution in [3.05, 3.63) is 65.2 Å². The summed E-state index contributed by atoms with van der Waals surface area (Å²) >= 11 is 0. The fourth-order valence-corrected chi connectivity index (χ4v) is 3.64. The number of nitrogen functional groups attached to an aromatic ring is 1. The molecule has 150 valence electrons. The molecular weight excluding hydrogens is 374 g/mol. The second-order valence-electron chi connectivity index (χ2n) is 7.15. The zero-order valence-electron chi connectivity index (χ0n) is 16.2. The molecule has 0 saturated heterocycles. The van der Waals surface area contributed by atoms with E-state index in [1.165, 1.54) is 5.56 Å². The van der Waals surface area contributed by atoms with Crippen molar-refractivity contribution in [1.29, 1.82) is 0 Å². The van der Waals surface area contributed by atoms with Gasteiger partial charge in [-0.3, -0.25) is 9.59 Å². The van der Waals surface area contributed by atoms with Crippen molar-refractivity contribution in [1.82, 2.24) is 10.2 Å². The number of nitrogens with zero attached hydrogens (tertiary/aromatic N) is 1. The van der Waals surface area contributed by atoms with Crippen LogP contribution in [0.4, 0.5) is 5.69 Å². The minimum atomic E-state index is -0.0241. The first kappa shape index (κ1) is 21.8. The van der Waals surface area contributed by atoms with Crippen molar-refractivity contribution in [2.45, 2.75) is 45.2 Å². The molecule has 28 heavy (non-hydrogen) atoms. The van der Waals surface area contributed by atoms with Crippen molar-refractivity contribution < 1.29 is 9.59 Å². The number of hydrogen-bond acceptors (Lipinski definition) is 3. The molecule has 0 radical (unpaired) electrons. The summed E-state index contributed by atoms with van der Waals surface area (Å²) in [6.45, 7) is 2.48. The smallest absolute Gasteiger partial charge is 0.222 e. The molecule has 3 rings (SSSR count). The van der Waals surface area contributed by atoms with E-state index in [0.29, 0.717) is 19.5 Å². The van der Waals surface area contributed by atoms with Crippen molar-refractivity contribution in [2.75, 3.05) is 12.3 Å². The summed E-state index contributed by atoms with van der Waals surface area (Å²) in [6, 6.07) is 15.8. The van der Waals surface area contributed by atoms with Crippen LogP contribution >= 0.6 is 12.4 Å². The minimum absolute atomic E-state index is 0. The van der Waals surface area contributed by atoms with E-state index in [0.717, 1.165) is 36.1 Å². The third kappa shape index (κ3) is 5.73. The molecule has 0 heterocycles. The quantitative estimate of drug-likeness (QED) is 0.726. The number of carbonyl (C=O) groups is 2. The zero-order chi connectivity index (χ0) is 19.2. The SMILES string of the molecule is CC(=O)N(CCC(=O)NC1CCCc2cc(N)ccc21)Cc1ccccc1.Cl. The first-order valence-corrected chi connectivity index (χ1v) is 9.50. The van der Waals surface area contributed by atoms with E-state index in [2.05, 4.69) is 5.32 Å². The Morgan fingerprint density at radius 2 is 1.93 bits per heavy atom. The highest BCUT2D eigenvalue weighted by molar-refractivity contribution is 5.85. The van der Waals surface area contributed by atoms with Crippen molar-refractivity contribution in [3.8, 4) is 0 Å². The van der Waals surface area contributed by atoms with Gasteiger partial charge < -0.3 is 16.0 Å². The molecule has 2 aromatic rings. The molecular formula is C22H28ClN3O2. The molecule has 1 atom stereocenters. The topological polar surface area (TPSA) is 75.4 Å². The summed E-state index contributed by atoms with van der Waals surface area (Å²) in [5.41, 5.74) is 10.1. The van der Waals surface area contributed by atoms with E-state index in [4.69, 9.17) is 5.73 Å². The average Bonchev–Trinajstić information content (AvgIpc) is 2.65. The summed E-state index contributed by atoms with van der Waals surface area (Å²) in [6.07, 6.45) is 3.27. The van der Waals surface area contributed by atoms with E-state index in [1.54, 1.807) is 11.8 Å². The molecule has 2 amide bonds. The molecule has 0 aliphatic heterocycles. The monoisotopic (exact) mass is 401 g/mol. The van der Waals surface area contributed by atoms with Crippen LogP contribution in [-0.4, -0.2) is 23.3 Å². The maximum Gasteiger partial charge on any atom is 0.222 e. The van der Waals surface area contributed by atoms with Gasteiger partial charge in [-0.15, -0.1) is 12.4 Å². The summed E-state index contributed by atoms with van der Waals surface area (Å²) < 4.78 is 0. The predicted molar refractivity (Wildman–Crippen MR) is 114 cm³/mol. The maximum absolute atomic E-state index is 12.5. The molecule has 1 aliphatic rings. The molecule has 2 aromatic carbocycles. The number of benzene rings is 2. The molecule has 3 N–H and O–H groups in total. The van der Waals surface area contributed by atoms with Gasteiger partial charge in [-0.05, 0) is 48.1 Å². The van der Waals surface area contributed by atoms with Crippen LogP contribution in [0.2, 0.25) is 0 Å². The largest absolute Gasteiger partial charge is 0.399 e. The summed E-state index contributed by atoms with van der Waals surface area (Å²) in [5, 5.41) is 3.13. The number of amides is 2. The second-order valence-corrected chi connectivity index (χ2v) is 7.15.